The summed E-state index contributed by atoms with van der Waals surface area (Å²) in [6, 6.07) is 20.0. The lowest BCUT2D eigenvalue weighted by molar-refractivity contribution is 0.0932. The molecule has 0 spiro atoms. The number of hydrogen-bond donors (Lipinski definition) is 1. The maximum atomic E-state index is 12.8. The predicted octanol–water partition coefficient (Wildman–Crippen LogP) is 4.78. The zero-order valence-corrected chi connectivity index (χ0v) is 16.6. The average Bonchev–Trinajstić information content (AvgIpc) is 3.23. The molecule has 1 aliphatic carbocycles. The number of ether oxygens (including phenoxy) is 1. The molecule has 0 saturated heterocycles. The molecule has 0 aromatic heterocycles. The van der Waals surface area contributed by atoms with Crippen molar-refractivity contribution < 1.29 is 9.53 Å². The van der Waals surface area contributed by atoms with Crippen molar-refractivity contribution in [1.29, 1.82) is 0 Å². The lowest BCUT2D eigenvalue weighted by Crippen LogP contribution is -2.43. The van der Waals surface area contributed by atoms with Crippen LogP contribution in [0.15, 0.2) is 60.7 Å². The maximum absolute atomic E-state index is 12.8. The van der Waals surface area contributed by atoms with Crippen molar-refractivity contribution in [2.75, 3.05) is 13.1 Å². The van der Waals surface area contributed by atoms with Crippen LogP contribution in [-0.4, -0.2) is 30.1 Å². The zero-order valence-electron chi connectivity index (χ0n) is 16.6. The van der Waals surface area contributed by atoms with E-state index in [1.807, 2.05) is 48.5 Å². The summed E-state index contributed by atoms with van der Waals surface area (Å²) in [5.41, 5.74) is 8.63. The van der Waals surface area contributed by atoms with Crippen LogP contribution in [0.25, 0.3) is 0 Å². The number of carbonyl (C=O) groups excluding carboxylic acids is 1. The molecule has 2 aromatic rings. The number of nitrogens with zero attached hydrogens (tertiary/aromatic N) is 1. The number of rotatable bonds is 9. The van der Waals surface area contributed by atoms with Crippen LogP contribution < -0.4 is 5.73 Å². The first kappa shape index (κ1) is 20.4. The lowest BCUT2D eigenvalue weighted by atomic mass is 9.98. The molecular formula is C24H32N2O2. The Kier molecular flexibility index (Phi) is 7.92. The van der Waals surface area contributed by atoms with Crippen molar-refractivity contribution in [1.82, 2.24) is 4.90 Å². The summed E-state index contributed by atoms with van der Waals surface area (Å²) >= 11 is 0. The van der Waals surface area contributed by atoms with E-state index in [2.05, 4.69) is 12.1 Å². The third-order valence-corrected chi connectivity index (χ3v) is 5.54. The highest BCUT2D eigenvalue weighted by molar-refractivity contribution is 5.67. The molecule has 1 amide bonds. The number of amides is 1. The molecular weight excluding hydrogens is 348 g/mol. The summed E-state index contributed by atoms with van der Waals surface area (Å²) in [4.78, 5) is 14.5. The highest BCUT2D eigenvalue weighted by Gasteiger charge is 2.22. The van der Waals surface area contributed by atoms with Gasteiger partial charge in [-0.1, -0.05) is 86.3 Å². The van der Waals surface area contributed by atoms with Gasteiger partial charge in [0.15, 0.2) is 0 Å². The van der Waals surface area contributed by atoms with Crippen LogP contribution in [0.4, 0.5) is 4.79 Å². The molecule has 2 aromatic carbocycles. The van der Waals surface area contributed by atoms with Gasteiger partial charge in [0.25, 0.3) is 0 Å². The lowest BCUT2D eigenvalue weighted by Gasteiger charge is -2.26. The maximum Gasteiger partial charge on any atom is 0.410 e. The zero-order chi connectivity index (χ0) is 19.6. The van der Waals surface area contributed by atoms with E-state index >= 15 is 0 Å². The second-order valence-electron chi connectivity index (χ2n) is 7.87. The molecule has 150 valence electrons. The van der Waals surface area contributed by atoms with E-state index in [0.29, 0.717) is 25.6 Å². The summed E-state index contributed by atoms with van der Waals surface area (Å²) < 4.78 is 5.58. The Morgan fingerprint density at radius 3 is 2.25 bits per heavy atom. The molecule has 3 rings (SSSR count). The second kappa shape index (κ2) is 10.9. The fourth-order valence-corrected chi connectivity index (χ4v) is 4.01. The molecule has 0 radical (unpaired) electrons. The molecule has 1 fully saturated rings. The van der Waals surface area contributed by atoms with Crippen molar-refractivity contribution >= 4 is 6.09 Å². The molecule has 0 heterocycles. The van der Waals surface area contributed by atoms with Crippen LogP contribution >= 0.6 is 0 Å². The van der Waals surface area contributed by atoms with Crippen LogP contribution in [0.2, 0.25) is 0 Å². The fraction of sp³-hybridized carbons (Fsp3) is 0.458. The minimum absolute atomic E-state index is 0.00292. The quantitative estimate of drug-likeness (QED) is 0.681. The molecule has 1 saturated carbocycles. The van der Waals surface area contributed by atoms with Gasteiger partial charge in [0, 0.05) is 19.1 Å². The molecule has 0 aliphatic heterocycles. The van der Waals surface area contributed by atoms with Gasteiger partial charge in [0.1, 0.15) is 6.61 Å². The number of carbonyl (C=O) groups is 1. The van der Waals surface area contributed by atoms with Gasteiger partial charge < -0.3 is 15.4 Å². The number of hydrogen-bond acceptors (Lipinski definition) is 3. The summed E-state index contributed by atoms with van der Waals surface area (Å²) in [5, 5.41) is 0. The molecule has 1 atom stereocenters. The molecule has 28 heavy (non-hydrogen) atoms. The van der Waals surface area contributed by atoms with Crippen LogP contribution in [-0.2, 0) is 17.8 Å². The van der Waals surface area contributed by atoms with Gasteiger partial charge in [-0.2, -0.15) is 0 Å². The van der Waals surface area contributed by atoms with Crippen LogP contribution in [0.5, 0.6) is 0 Å². The molecule has 4 heteroatoms. The molecule has 1 unspecified atom stereocenters. The van der Waals surface area contributed by atoms with Crippen molar-refractivity contribution in [2.24, 2.45) is 11.7 Å². The highest BCUT2D eigenvalue weighted by Crippen LogP contribution is 2.28. The van der Waals surface area contributed by atoms with Crippen LogP contribution in [0.1, 0.15) is 43.2 Å². The van der Waals surface area contributed by atoms with Crippen LogP contribution in [0, 0.1) is 5.92 Å². The third-order valence-electron chi connectivity index (χ3n) is 5.54. The molecule has 4 nitrogen and oxygen atoms in total. The Labute approximate surface area is 168 Å². The standard InChI is InChI=1S/C24H32N2O2/c25-23(17-21-11-7-8-12-21)18-26(16-15-20-9-3-1-4-10-20)24(27)28-19-22-13-5-2-6-14-22/h1-6,9-10,13-14,21,23H,7-8,11-12,15-19,25H2. The highest BCUT2D eigenvalue weighted by atomic mass is 16.6. The minimum Gasteiger partial charge on any atom is -0.445 e. The van der Waals surface area contributed by atoms with E-state index in [1.54, 1.807) is 4.90 Å². The van der Waals surface area contributed by atoms with Gasteiger partial charge in [0.2, 0.25) is 0 Å². The van der Waals surface area contributed by atoms with Crippen molar-refractivity contribution in [3.63, 3.8) is 0 Å². The molecule has 2 N–H and O–H groups in total. The van der Waals surface area contributed by atoms with E-state index in [-0.39, 0.29) is 12.1 Å². The Morgan fingerprint density at radius 2 is 1.61 bits per heavy atom. The van der Waals surface area contributed by atoms with E-state index in [9.17, 15) is 4.79 Å². The predicted molar refractivity (Wildman–Crippen MR) is 113 cm³/mol. The first-order valence-electron chi connectivity index (χ1n) is 10.5. The largest absolute Gasteiger partial charge is 0.445 e. The monoisotopic (exact) mass is 380 g/mol. The van der Waals surface area contributed by atoms with Gasteiger partial charge in [-0.3, -0.25) is 0 Å². The van der Waals surface area contributed by atoms with Gasteiger partial charge >= 0.3 is 6.09 Å². The van der Waals surface area contributed by atoms with Crippen molar-refractivity contribution in [2.45, 2.75) is 51.2 Å². The Hall–Kier alpha value is -2.33. The smallest absolute Gasteiger partial charge is 0.410 e. The fourth-order valence-electron chi connectivity index (χ4n) is 4.01. The van der Waals surface area contributed by atoms with Gasteiger partial charge in [-0.15, -0.1) is 0 Å². The normalized spacial score (nSPS) is 15.3. The van der Waals surface area contributed by atoms with E-state index in [0.717, 1.165) is 18.4 Å². The first-order valence-corrected chi connectivity index (χ1v) is 10.5. The number of nitrogens with two attached hydrogens (primary N) is 1. The second-order valence-corrected chi connectivity index (χ2v) is 7.87. The SMILES string of the molecule is NC(CC1CCCC1)CN(CCc1ccccc1)C(=O)OCc1ccccc1. The minimum atomic E-state index is -0.276. The topological polar surface area (TPSA) is 55.6 Å². The van der Waals surface area contributed by atoms with Crippen LogP contribution in [0.3, 0.4) is 0 Å². The summed E-state index contributed by atoms with van der Waals surface area (Å²) in [6.07, 6.45) is 6.70. The van der Waals surface area contributed by atoms with Crippen molar-refractivity contribution in [3.05, 3.63) is 71.8 Å². The van der Waals surface area contributed by atoms with E-state index in [4.69, 9.17) is 10.5 Å². The Morgan fingerprint density at radius 1 is 1.00 bits per heavy atom. The van der Waals surface area contributed by atoms with Gasteiger partial charge in [-0.25, -0.2) is 4.79 Å². The van der Waals surface area contributed by atoms with E-state index in [1.165, 1.54) is 31.2 Å². The average molecular weight is 381 g/mol. The Balaban J connectivity index is 1.56. The summed E-state index contributed by atoms with van der Waals surface area (Å²) in [5.74, 6) is 0.714. The molecule has 0 bridgehead atoms. The van der Waals surface area contributed by atoms with Crippen molar-refractivity contribution in [3.8, 4) is 0 Å². The molecule has 1 aliphatic rings. The number of benzene rings is 2. The Bertz CT molecular complexity index is 699. The van der Waals surface area contributed by atoms with Gasteiger partial charge in [-0.05, 0) is 29.9 Å². The summed E-state index contributed by atoms with van der Waals surface area (Å²) in [7, 11) is 0. The first-order chi connectivity index (χ1) is 13.7. The third kappa shape index (κ3) is 6.68. The van der Waals surface area contributed by atoms with E-state index < -0.39 is 0 Å². The van der Waals surface area contributed by atoms with Gasteiger partial charge in [0.05, 0.1) is 0 Å². The summed E-state index contributed by atoms with van der Waals surface area (Å²) in [6.45, 7) is 1.46.